The summed E-state index contributed by atoms with van der Waals surface area (Å²) in [5, 5.41) is 41.0. The smallest absolute Gasteiger partial charge is 0.338 e. The van der Waals surface area contributed by atoms with Crippen molar-refractivity contribution in [1.82, 2.24) is 0 Å². The summed E-state index contributed by atoms with van der Waals surface area (Å²) in [7, 11) is 0. The van der Waals surface area contributed by atoms with Crippen LogP contribution in [0.15, 0.2) is 48.6 Å². The molecule has 0 heterocycles. The molecule has 4 N–H and O–H groups in total. The van der Waals surface area contributed by atoms with Crippen LogP contribution in [0.5, 0.6) is 0 Å². The largest absolute Gasteiger partial charge is 0.461 e. The molecule has 0 saturated heterocycles. The van der Waals surface area contributed by atoms with Crippen LogP contribution in [-0.2, 0) is 61.9 Å². The lowest BCUT2D eigenvalue weighted by molar-refractivity contribution is -0.185. The third-order valence-electron chi connectivity index (χ3n) is 5.43. The topological polar surface area (TPSA) is 240 Å². The van der Waals surface area contributed by atoms with Crippen LogP contribution in [0.1, 0.15) is 27.7 Å². The van der Waals surface area contributed by atoms with E-state index in [1.807, 2.05) is 0 Å². The first kappa shape index (κ1) is 45.0. The number of ether oxygens (including phenoxy) is 8. The summed E-state index contributed by atoms with van der Waals surface area (Å²) in [6, 6.07) is 0. The molecule has 0 aromatic carbocycles. The summed E-state index contributed by atoms with van der Waals surface area (Å²) in [5.41, 5.74) is 0. The molecule has 0 aliphatic carbocycles. The second-order valence-corrected chi connectivity index (χ2v) is 9.93. The van der Waals surface area contributed by atoms with Crippen molar-refractivity contribution in [1.29, 1.82) is 0 Å². The van der Waals surface area contributed by atoms with Crippen LogP contribution >= 0.6 is 0 Å². The van der Waals surface area contributed by atoms with E-state index in [9.17, 15) is 44.4 Å². The van der Waals surface area contributed by atoms with Crippen LogP contribution in [0.25, 0.3) is 0 Å². The van der Waals surface area contributed by atoms with Gasteiger partial charge in [0.2, 0.25) is 0 Å². The number of hydrogen-bond acceptors (Lipinski definition) is 17. The molecule has 6 atom stereocenters. The second kappa shape index (κ2) is 27.9. The molecule has 4 unspecified atom stereocenters. The van der Waals surface area contributed by atoms with E-state index in [1.165, 1.54) is 24.3 Å². The Labute approximate surface area is 284 Å². The Balaban J connectivity index is 5.83. The van der Waals surface area contributed by atoms with E-state index in [0.29, 0.717) is 0 Å². The Morgan fingerprint density at radius 1 is 0.449 bits per heavy atom. The average molecular weight is 705 g/mol. The molecule has 0 aliphatic heterocycles. The molecule has 0 spiro atoms. The zero-order valence-electron chi connectivity index (χ0n) is 28.0. The number of carbonyl (C=O) groups is 5. The zero-order valence-corrected chi connectivity index (χ0v) is 28.0. The maximum atomic E-state index is 13.2. The first-order valence-corrected chi connectivity index (χ1v) is 15.2. The highest BCUT2D eigenvalue weighted by Crippen LogP contribution is 2.12. The monoisotopic (exact) mass is 704 g/mol. The first-order chi connectivity index (χ1) is 23.4. The lowest BCUT2D eigenvalue weighted by Crippen LogP contribution is -2.46. The predicted molar refractivity (Wildman–Crippen MR) is 168 cm³/mol. The van der Waals surface area contributed by atoms with Gasteiger partial charge in [-0.15, -0.1) is 0 Å². The first-order valence-electron chi connectivity index (χ1n) is 15.2. The fourth-order valence-electron chi connectivity index (χ4n) is 3.22. The summed E-state index contributed by atoms with van der Waals surface area (Å²) >= 11 is 0. The molecule has 17 heteroatoms. The number of rotatable bonds is 26. The molecule has 0 aliphatic rings. The van der Waals surface area contributed by atoms with Gasteiger partial charge in [0.25, 0.3) is 0 Å². The SMILES string of the molecule is CC=CC(=O)OCC(O)COC[C@@H](OCC(O)COC(=O)C=CC)[C@H](OCC(O)COC(=O)C=CC)C(=O)OCC(O)COC(=O)C=CC. The van der Waals surface area contributed by atoms with E-state index in [2.05, 4.69) is 0 Å². The van der Waals surface area contributed by atoms with Crippen LogP contribution in [0.2, 0.25) is 0 Å². The molecular weight excluding hydrogens is 656 g/mol. The van der Waals surface area contributed by atoms with Crippen LogP contribution in [0, 0.1) is 0 Å². The summed E-state index contributed by atoms with van der Waals surface area (Å²) in [4.78, 5) is 59.5. The third kappa shape index (κ3) is 23.9. The van der Waals surface area contributed by atoms with Crippen molar-refractivity contribution in [2.45, 2.75) is 64.3 Å². The van der Waals surface area contributed by atoms with E-state index >= 15 is 0 Å². The fraction of sp³-hybridized carbons (Fsp3) is 0.594. The Kier molecular flexibility index (Phi) is 25.7. The van der Waals surface area contributed by atoms with Crippen LogP contribution in [0.3, 0.4) is 0 Å². The zero-order chi connectivity index (χ0) is 37.0. The molecule has 0 rings (SSSR count). The van der Waals surface area contributed by atoms with Gasteiger partial charge in [-0.25, -0.2) is 24.0 Å². The van der Waals surface area contributed by atoms with Crippen molar-refractivity contribution in [3.63, 3.8) is 0 Å². The van der Waals surface area contributed by atoms with E-state index < -0.39 is 126 Å². The van der Waals surface area contributed by atoms with Gasteiger partial charge in [0, 0.05) is 24.3 Å². The van der Waals surface area contributed by atoms with Crippen molar-refractivity contribution in [3.8, 4) is 0 Å². The number of aliphatic hydroxyl groups excluding tert-OH is 4. The second-order valence-electron chi connectivity index (χ2n) is 9.93. The molecule has 0 aromatic rings. The van der Waals surface area contributed by atoms with Gasteiger partial charge < -0.3 is 58.3 Å². The van der Waals surface area contributed by atoms with Crippen LogP contribution in [0.4, 0.5) is 0 Å². The minimum atomic E-state index is -1.74. The van der Waals surface area contributed by atoms with E-state index in [4.69, 9.17) is 37.9 Å². The van der Waals surface area contributed by atoms with Crippen molar-refractivity contribution in [2.75, 3.05) is 59.5 Å². The molecule has 0 fully saturated rings. The lowest BCUT2D eigenvalue weighted by atomic mass is 10.2. The molecule has 0 radical (unpaired) electrons. The van der Waals surface area contributed by atoms with Crippen LogP contribution in [-0.4, -0.2) is 146 Å². The number of carbonyl (C=O) groups excluding carboxylic acids is 5. The lowest BCUT2D eigenvalue weighted by Gasteiger charge is -2.28. The van der Waals surface area contributed by atoms with Gasteiger partial charge in [0.05, 0.1) is 26.4 Å². The van der Waals surface area contributed by atoms with Gasteiger partial charge in [-0.3, -0.25) is 0 Å². The van der Waals surface area contributed by atoms with Crippen LogP contribution < -0.4 is 0 Å². The van der Waals surface area contributed by atoms with Gasteiger partial charge in [0.1, 0.15) is 63.6 Å². The quantitative estimate of drug-likeness (QED) is 0.0491. The van der Waals surface area contributed by atoms with Gasteiger partial charge >= 0.3 is 29.8 Å². The Hall–Kier alpha value is -3.97. The molecular formula is C32H48O17. The number of hydrogen-bond donors (Lipinski definition) is 4. The Bertz CT molecular complexity index is 1100. The van der Waals surface area contributed by atoms with Crippen molar-refractivity contribution >= 4 is 29.8 Å². The van der Waals surface area contributed by atoms with Crippen molar-refractivity contribution in [2.24, 2.45) is 0 Å². The summed E-state index contributed by atoms with van der Waals surface area (Å²) in [5.74, 6) is -4.06. The molecule has 0 saturated carbocycles. The summed E-state index contributed by atoms with van der Waals surface area (Å²) < 4.78 is 41.3. The molecule has 17 nitrogen and oxygen atoms in total. The number of aliphatic hydroxyl groups is 4. The predicted octanol–water partition coefficient (Wildman–Crippen LogP) is -0.763. The van der Waals surface area contributed by atoms with E-state index in [0.717, 1.165) is 24.3 Å². The third-order valence-corrected chi connectivity index (χ3v) is 5.43. The summed E-state index contributed by atoms with van der Waals surface area (Å²) in [6.07, 6.45) is 1.49. The molecule has 278 valence electrons. The Morgan fingerprint density at radius 2 is 0.776 bits per heavy atom. The summed E-state index contributed by atoms with van der Waals surface area (Å²) in [6.45, 7) is 1.65. The minimum Gasteiger partial charge on any atom is -0.461 e. The highest BCUT2D eigenvalue weighted by molar-refractivity contribution is 5.82. The maximum Gasteiger partial charge on any atom is 0.338 e. The molecule has 0 aromatic heterocycles. The van der Waals surface area contributed by atoms with Crippen molar-refractivity contribution in [3.05, 3.63) is 48.6 Å². The fourth-order valence-corrected chi connectivity index (χ4v) is 3.22. The Morgan fingerprint density at radius 3 is 1.16 bits per heavy atom. The van der Waals surface area contributed by atoms with Gasteiger partial charge in [-0.05, 0) is 27.7 Å². The maximum absolute atomic E-state index is 13.2. The molecule has 0 bridgehead atoms. The standard InChI is InChI=1S/C32H48O17/c1-5-9-27(37)44-15-22(33)13-42-21-26(43-14-23(34)16-45-28(38)10-6-2)31(48-19-24(35)17-46-29(39)11-7-3)32(41)49-20-25(36)18-47-30(40)12-8-4/h5-12,22-26,31,33-36H,13-21H2,1-4H3/t22?,23?,24?,25?,26-,31+/m1/s1. The number of esters is 5. The molecule has 49 heavy (non-hydrogen) atoms. The van der Waals surface area contributed by atoms with Gasteiger partial charge in [0.15, 0.2) is 6.10 Å². The van der Waals surface area contributed by atoms with E-state index in [1.54, 1.807) is 27.7 Å². The average Bonchev–Trinajstić information content (AvgIpc) is 3.06. The molecule has 0 amide bonds. The highest BCUT2D eigenvalue weighted by Gasteiger charge is 2.34. The minimum absolute atomic E-state index is 0.423. The van der Waals surface area contributed by atoms with E-state index in [-0.39, 0.29) is 0 Å². The van der Waals surface area contributed by atoms with Gasteiger partial charge in [-0.2, -0.15) is 0 Å². The van der Waals surface area contributed by atoms with Gasteiger partial charge in [-0.1, -0.05) is 24.3 Å². The highest BCUT2D eigenvalue weighted by atomic mass is 16.6. The van der Waals surface area contributed by atoms with Crippen molar-refractivity contribution < 1.29 is 82.3 Å². The number of allylic oxidation sites excluding steroid dienone is 4. The normalized spacial score (nSPS) is 15.5.